The van der Waals surface area contributed by atoms with Crippen molar-refractivity contribution in [1.29, 1.82) is 0 Å². The number of Topliss-reactive ketones (excluding diaryl/α,β-unsaturated/α-hetero) is 1. The van der Waals surface area contributed by atoms with Crippen LogP contribution < -0.4 is 10.6 Å². The molecule has 0 saturated carbocycles. The molecule has 104 valence electrons. The summed E-state index contributed by atoms with van der Waals surface area (Å²) in [6.07, 6.45) is 0. The predicted octanol–water partition coefficient (Wildman–Crippen LogP) is 0.00990. The van der Waals surface area contributed by atoms with E-state index in [-0.39, 0.29) is 23.7 Å². The van der Waals surface area contributed by atoms with E-state index in [0.717, 1.165) is 19.6 Å². The molecule has 5 heteroatoms. The van der Waals surface area contributed by atoms with Gasteiger partial charge < -0.3 is 10.6 Å². The largest absolute Gasteiger partial charge is 0.345 e. The summed E-state index contributed by atoms with van der Waals surface area (Å²) in [4.78, 5) is 25.5. The van der Waals surface area contributed by atoms with Gasteiger partial charge in [-0.1, -0.05) is 20.8 Å². The van der Waals surface area contributed by atoms with Crippen molar-refractivity contribution in [1.82, 2.24) is 15.5 Å². The van der Waals surface area contributed by atoms with E-state index < -0.39 is 0 Å². The lowest BCUT2D eigenvalue weighted by Crippen LogP contribution is -2.59. The van der Waals surface area contributed by atoms with Crippen LogP contribution in [0.2, 0.25) is 0 Å². The molecule has 1 atom stereocenters. The third-order valence-corrected chi connectivity index (χ3v) is 3.45. The highest BCUT2D eigenvalue weighted by molar-refractivity contribution is 5.88. The molecule has 0 aromatic rings. The number of likely N-dealkylation sites (N-methyl/N-ethyl adjacent to an activating group) is 1. The molecule has 0 bridgehead atoms. The fourth-order valence-corrected chi connectivity index (χ4v) is 2.17. The number of hydrogen-bond acceptors (Lipinski definition) is 4. The first-order chi connectivity index (χ1) is 8.45. The molecule has 1 aliphatic heterocycles. The van der Waals surface area contributed by atoms with Crippen LogP contribution in [0.4, 0.5) is 0 Å². The topological polar surface area (TPSA) is 61.4 Å². The van der Waals surface area contributed by atoms with E-state index >= 15 is 0 Å². The van der Waals surface area contributed by atoms with Gasteiger partial charge in [0.05, 0.1) is 12.6 Å². The van der Waals surface area contributed by atoms with Crippen molar-refractivity contribution in [3.8, 4) is 0 Å². The molecule has 5 nitrogen and oxygen atoms in total. The zero-order chi connectivity index (χ0) is 13.7. The quantitative estimate of drug-likeness (QED) is 0.673. The molecule has 0 aliphatic carbocycles. The Hall–Kier alpha value is -0.940. The van der Waals surface area contributed by atoms with Gasteiger partial charge in [0.2, 0.25) is 5.91 Å². The molecule has 0 aromatic heterocycles. The molecule has 1 rings (SSSR count). The Morgan fingerprint density at radius 2 is 2.00 bits per heavy atom. The Morgan fingerprint density at radius 3 is 2.33 bits per heavy atom. The average molecular weight is 255 g/mol. The van der Waals surface area contributed by atoms with E-state index in [2.05, 4.69) is 22.5 Å². The Labute approximate surface area is 109 Å². The van der Waals surface area contributed by atoms with Crippen molar-refractivity contribution >= 4 is 11.7 Å². The van der Waals surface area contributed by atoms with Crippen molar-refractivity contribution in [2.24, 2.45) is 5.92 Å². The molecular weight excluding hydrogens is 230 g/mol. The minimum absolute atomic E-state index is 0.0201. The highest BCUT2D eigenvalue weighted by Crippen LogP contribution is 2.06. The number of amides is 1. The molecule has 1 saturated heterocycles. The van der Waals surface area contributed by atoms with Gasteiger partial charge in [-0.3, -0.25) is 14.5 Å². The fraction of sp³-hybridized carbons (Fsp3) is 0.846. The van der Waals surface area contributed by atoms with Crippen LogP contribution in [0.25, 0.3) is 0 Å². The van der Waals surface area contributed by atoms with Gasteiger partial charge in [0.25, 0.3) is 0 Å². The van der Waals surface area contributed by atoms with Crippen LogP contribution in [0, 0.1) is 5.92 Å². The summed E-state index contributed by atoms with van der Waals surface area (Å²) in [7, 11) is 0. The number of carbonyl (C=O) groups excluding carboxylic acids is 2. The number of carbonyl (C=O) groups is 2. The Kier molecular flexibility index (Phi) is 5.75. The number of ketones is 1. The van der Waals surface area contributed by atoms with Crippen LogP contribution in [0.15, 0.2) is 0 Å². The third-order valence-electron chi connectivity index (χ3n) is 3.45. The van der Waals surface area contributed by atoms with Crippen molar-refractivity contribution in [3.05, 3.63) is 0 Å². The summed E-state index contributed by atoms with van der Waals surface area (Å²) in [6.45, 7) is 10.6. The number of rotatable bonds is 7. The molecule has 18 heavy (non-hydrogen) atoms. The molecule has 0 spiro atoms. The summed E-state index contributed by atoms with van der Waals surface area (Å²) in [5.41, 5.74) is 0. The van der Waals surface area contributed by atoms with E-state index in [1.807, 2.05) is 13.8 Å². The van der Waals surface area contributed by atoms with Gasteiger partial charge in [-0.25, -0.2) is 0 Å². The molecule has 1 unspecified atom stereocenters. The maximum atomic E-state index is 12.0. The maximum absolute atomic E-state index is 12.0. The number of nitrogens with zero attached hydrogens (tertiary/aromatic N) is 1. The van der Waals surface area contributed by atoms with Gasteiger partial charge in [-0.05, 0) is 19.4 Å². The summed E-state index contributed by atoms with van der Waals surface area (Å²) >= 11 is 0. The van der Waals surface area contributed by atoms with Crippen molar-refractivity contribution < 1.29 is 9.59 Å². The molecule has 1 amide bonds. The van der Waals surface area contributed by atoms with Crippen LogP contribution in [-0.2, 0) is 9.59 Å². The van der Waals surface area contributed by atoms with Crippen molar-refractivity contribution in [3.63, 3.8) is 0 Å². The van der Waals surface area contributed by atoms with Crippen LogP contribution >= 0.6 is 0 Å². The van der Waals surface area contributed by atoms with Crippen LogP contribution in [0.1, 0.15) is 27.7 Å². The van der Waals surface area contributed by atoms with Crippen molar-refractivity contribution in [2.45, 2.75) is 39.8 Å². The van der Waals surface area contributed by atoms with Crippen LogP contribution in [0.5, 0.6) is 0 Å². The normalized spacial score (nSPS) is 17.7. The molecule has 2 N–H and O–H groups in total. The zero-order valence-electron chi connectivity index (χ0n) is 11.8. The monoisotopic (exact) mass is 255 g/mol. The first-order valence-electron chi connectivity index (χ1n) is 6.70. The summed E-state index contributed by atoms with van der Waals surface area (Å²) in [5, 5.41) is 6.03. The van der Waals surface area contributed by atoms with Gasteiger partial charge >= 0.3 is 0 Å². The van der Waals surface area contributed by atoms with Gasteiger partial charge in [-0.2, -0.15) is 0 Å². The molecule has 1 aliphatic rings. The number of hydrogen-bond donors (Lipinski definition) is 2. The summed E-state index contributed by atoms with van der Waals surface area (Å²) < 4.78 is 0. The molecule has 0 radical (unpaired) electrons. The first kappa shape index (κ1) is 15.1. The van der Waals surface area contributed by atoms with Gasteiger partial charge in [0.15, 0.2) is 5.78 Å². The first-order valence-corrected chi connectivity index (χ1v) is 6.70. The summed E-state index contributed by atoms with van der Waals surface area (Å²) in [5.74, 6) is 0.0938. The lowest BCUT2D eigenvalue weighted by molar-refractivity contribution is -0.129. The highest BCUT2D eigenvalue weighted by Gasteiger charge is 2.26. The van der Waals surface area contributed by atoms with Crippen LogP contribution in [-0.4, -0.2) is 54.9 Å². The van der Waals surface area contributed by atoms with Crippen molar-refractivity contribution in [2.75, 3.05) is 26.2 Å². The van der Waals surface area contributed by atoms with E-state index in [1.165, 1.54) is 6.92 Å². The van der Waals surface area contributed by atoms with Crippen LogP contribution in [0.3, 0.4) is 0 Å². The second-order valence-corrected chi connectivity index (χ2v) is 5.28. The Balaban J connectivity index is 2.45. The van der Waals surface area contributed by atoms with E-state index in [4.69, 9.17) is 0 Å². The molecule has 1 heterocycles. The minimum atomic E-state index is -0.365. The molecule has 0 aromatic carbocycles. The minimum Gasteiger partial charge on any atom is -0.345 e. The zero-order valence-corrected chi connectivity index (χ0v) is 11.8. The highest BCUT2D eigenvalue weighted by atomic mass is 16.2. The predicted molar refractivity (Wildman–Crippen MR) is 71.4 cm³/mol. The smallest absolute Gasteiger partial charge is 0.234 e. The Bertz CT molecular complexity index is 301. The van der Waals surface area contributed by atoms with E-state index in [9.17, 15) is 9.59 Å². The average Bonchev–Trinajstić information content (AvgIpc) is 2.21. The van der Waals surface area contributed by atoms with E-state index in [0.29, 0.717) is 12.6 Å². The Morgan fingerprint density at radius 1 is 1.39 bits per heavy atom. The lowest BCUT2D eigenvalue weighted by atomic mass is 10.0. The SMILES string of the molecule is CCN(CC(=O)NC(C(C)=O)C(C)C)C1CNC1. The standard InChI is InChI=1S/C13H25N3O2/c1-5-16(11-6-14-7-11)8-12(18)15-13(9(2)3)10(4)17/h9,11,13-14H,5-8H2,1-4H3,(H,15,18). The third kappa shape index (κ3) is 4.07. The van der Waals surface area contributed by atoms with Gasteiger partial charge in [-0.15, -0.1) is 0 Å². The van der Waals surface area contributed by atoms with Gasteiger partial charge in [0, 0.05) is 19.1 Å². The van der Waals surface area contributed by atoms with E-state index in [1.54, 1.807) is 0 Å². The maximum Gasteiger partial charge on any atom is 0.234 e. The number of nitrogens with one attached hydrogen (secondary N) is 2. The lowest BCUT2D eigenvalue weighted by Gasteiger charge is -2.37. The second kappa shape index (κ2) is 6.85. The second-order valence-electron chi connectivity index (χ2n) is 5.28. The summed E-state index contributed by atoms with van der Waals surface area (Å²) in [6, 6.07) is 0.0892. The van der Waals surface area contributed by atoms with Gasteiger partial charge in [0.1, 0.15) is 0 Å². The molecular formula is C13H25N3O2. The molecule has 1 fully saturated rings. The fourth-order valence-electron chi connectivity index (χ4n) is 2.17.